The van der Waals surface area contributed by atoms with Crippen LogP contribution in [-0.2, 0) is 22.7 Å². The SMILES string of the molecule is CCNC(=O)CNC(=O)CN(Cc1ccccc1)Cc1ccccc1. The van der Waals surface area contributed by atoms with Gasteiger partial charge in [0, 0.05) is 19.6 Å². The summed E-state index contributed by atoms with van der Waals surface area (Å²) >= 11 is 0. The maximum absolute atomic E-state index is 12.2. The lowest BCUT2D eigenvalue weighted by atomic mass is 10.1. The smallest absolute Gasteiger partial charge is 0.239 e. The second-order valence-electron chi connectivity index (χ2n) is 5.85. The monoisotopic (exact) mass is 339 g/mol. The van der Waals surface area contributed by atoms with Crippen molar-refractivity contribution in [3.8, 4) is 0 Å². The van der Waals surface area contributed by atoms with E-state index in [0.717, 1.165) is 11.1 Å². The quantitative estimate of drug-likeness (QED) is 0.734. The number of carbonyl (C=O) groups excluding carboxylic acids is 2. The van der Waals surface area contributed by atoms with Gasteiger partial charge in [-0.15, -0.1) is 0 Å². The van der Waals surface area contributed by atoms with E-state index >= 15 is 0 Å². The van der Waals surface area contributed by atoms with E-state index in [9.17, 15) is 9.59 Å². The normalized spacial score (nSPS) is 10.5. The lowest BCUT2D eigenvalue weighted by Gasteiger charge is -2.22. The second kappa shape index (κ2) is 10.3. The fourth-order valence-corrected chi connectivity index (χ4v) is 2.55. The average molecular weight is 339 g/mol. The molecule has 0 saturated heterocycles. The van der Waals surface area contributed by atoms with Gasteiger partial charge in [-0.2, -0.15) is 0 Å². The number of likely N-dealkylation sites (N-methyl/N-ethyl adjacent to an activating group) is 1. The summed E-state index contributed by atoms with van der Waals surface area (Å²) in [5.74, 6) is -0.327. The third kappa shape index (κ3) is 7.18. The Labute approximate surface area is 149 Å². The average Bonchev–Trinajstić information content (AvgIpc) is 2.62. The summed E-state index contributed by atoms with van der Waals surface area (Å²) in [5.41, 5.74) is 2.30. The Balaban J connectivity index is 1.96. The minimum Gasteiger partial charge on any atom is -0.355 e. The number of hydrogen-bond donors (Lipinski definition) is 2. The molecule has 2 amide bonds. The summed E-state index contributed by atoms with van der Waals surface area (Å²) in [6, 6.07) is 20.1. The van der Waals surface area contributed by atoms with Crippen LogP contribution in [0.2, 0.25) is 0 Å². The summed E-state index contributed by atoms with van der Waals surface area (Å²) in [5, 5.41) is 5.34. The number of nitrogens with zero attached hydrogens (tertiary/aromatic N) is 1. The second-order valence-corrected chi connectivity index (χ2v) is 5.85. The van der Waals surface area contributed by atoms with Crippen LogP contribution in [0.5, 0.6) is 0 Å². The van der Waals surface area contributed by atoms with Gasteiger partial charge in [0.1, 0.15) is 0 Å². The molecule has 5 heteroatoms. The van der Waals surface area contributed by atoms with Crippen molar-refractivity contribution < 1.29 is 9.59 Å². The summed E-state index contributed by atoms with van der Waals surface area (Å²) < 4.78 is 0. The van der Waals surface area contributed by atoms with E-state index in [2.05, 4.69) is 15.5 Å². The highest BCUT2D eigenvalue weighted by Gasteiger charge is 2.13. The van der Waals surface area contributed by atoms with Crippen molar-refractivity contribution in [2.24, 2.45) is 0 Å². The van der Waals surface area contributed by atoms with E-state index in [4.69, 9.17) is 0 Å². The molecule has 0 radical (unpaired) electrons. The molecule has 0 aromatic heterocycles. The number of carbonyl (C=O) groups is 2. The van der Waals surface area contributed by atoms with E-state index in [1.54, 1.807) is 0 Å². The van der Waals surface area contributed by atoms with Crippen molar-refractivity contribution in [3.05, 3.63) is 71.8 Å². The maximum Gasteiger partial charge on any atom is 0.239 e. The topological polar surface area (TPSA) is 61.4 Å². The van der Waals surface area contributed by atoms with Gasteiger partial charge in [-0.05, 0) is 18.1 Å². The van der Waals surface area contributed by atoms with Crippen LogP contribution in [0.4, 0.5) is 0 Å². The Morgan fingerprint density at radius 2 is 1.32 bits per heavy atom. The molecule has 0 aliphatic rings. The zero-order valence-electron chi connectivity index (χ0n) is 14.6. The molecule has 0 atom stereocenters. The molecule has 5 nitrogen and oxygen atoms in total. The van der Waals surface area contributed by atoms with E-state index in [-0.39, 0.29) is 24.9 Å². The van der Waals surface area contributed by atoms with Crippen LogP contribution in [0.3, 0.4) is 0 Å². The minimum atomic E-state index is -0.173. The number of amides is 2. The predicted molar refractivity (Wildman–Crippen MR) is 98.7 cm³/mol. The van der Waals surface area contributed by atoms with Gasteiger partial charge in [0.2, 0.25) is 11.8 Å². The fraction of sp³-hybridized carbons (Fsp3) is 0.300. The molecule has 2 aromatic rings. The first-order valence-corrected chi connectivity index (χ1v) is 8.51. The Morgan fingerprint density at radius 1 is 0.800 bits per heavy atom. The number of nitrogens with one attached hydrogen (secondary N) is 2. The van der Waals surface area contributed by atoms with Crippen molar-refractivity contribution >= 4 is 11.8 Å². The molecule has 0 saturated carbocycles. The Bertz CT molecular complexity index is 618. The van der Waals surface area contributed by atoms with Crippen molar-refractivity contribution in [1.82, 2.24) is 15.5 Å². The van der Waals surface area contributed by atoms with Gasteiger partial charge in [0.15, 0.2) is 0 Å². The summed E-state index contributed by atoms with van der Waals surface area (Å²) in [7, 11) is 0. The molecular weight excluding hydrogens is 314 g/mol. The molecule has 132 valence electrons. The lowest BCUT2D eigenvalue weighted by molar-refractivity contribution is -0.126. The molecule has 0 bridgehead atoms. The first-order valence-electron chi connectivity index (χ1n) is 8.51. The van der Waals surface area contributed by atoms with Crippen molar-refractivity contribution in [1.29, 1.82) is 0 Å². The summed E-state index contributed by atoms with van der Waals surface area (Å²) in [6.45, 7) is 4.00. The van der Waals surface area contributed by atoms with Crippen LogP contribution in [-0.4, -0.2) is 36.3 Å². The van der Waals surface area contributed by atoms with Gasteiger partial charge in [-0.1, -0.05) is 60.7 Å². The summed E-state index contributed by atoms with van der Waals surface area (Å²) in [4.78, 5) is 25.8. The van der Waals surface area contributed by atoms with Gasteiger partial charge < -0.3 is 10.6 Å². The van der Waals surface area contributed by atoms with Gasteiger partial charge >= 0.3 is 0 Å². The number of hydrogen-bond acceptors (Lipinski definition) is 3. The van der Waals surface area contributed by atoms with Crippen LogP contribution in [0.15, 0.2) is 60.7 Å². The highest BCUT2D eigenvalue weighted by atomic mass is 16.2. The van der Waals surface area contributed by atoms with E-state index in [1.807, 2.05) is 67.6 Å². The molecule has 0 fully saturated rings. The largest absolute Gasteiger partial charge is 0.355 e. The Hall–Kier alpha value is -2.66. The van der Waals surface area contributed by atoms with Crippen LogP contribution in [0, 0.1) is 0 Å². The fourth-order valence-electron chi connectivity index (χ4n) is 2.55. The molecule has 0 unspecified atom stereocenters. The van der Waals surface area contributed by atoms with E-state index in [0.29, 0.717) is 19.6 Å². The van der Waals surface area contributed by atoms with Gasteiger partial charge in [-0.25, -0.2) is 0 Å². The summed E-state index contributed by atoms with van der Waals surface area (Å²) in [6.07, 6.45) is 0. The zero-order chi connectivity index (χ0) is 17.9. The van der Waals surface area contributed by atoms with Crippen LogP contribution in [0.25, 0.3) is 0 Å². The standard InChI is InChI=1S/C20H25N3O2/c1-2-21-19(24)13-22-20(25)16-23(14-17-9-5-3-6-10-17)15-18-11-7-4-8-12-18/h3-12H,2,13-16H2,1H3,(H,21,24)(H,22,25). The third-order valence-corrected chi connectivity index (χ3v) is 3.69. The third-order valence-electron chi connectivity index (χ3n) is 3.69. The number of rotatable bonds is 9. The molecule has 25 heavy (non-hydrogen) atoms. The number of benzene rings is 2. The molecule has 2 rings (SSSR count). The molecule has 2 N–H and O–H groups in total. The minimum absolute atomic E-state index is 0.0111. The lowest BCUT2D eigenvalue weighted by Crippen LogP contribution is -2.41. The van der Waals surface area contributed by atoms with Gasteiger partial charge in [-0.3, -0.25) is 14.5 Å². The highest BCUT2D eigenvalue weighted by molar-refractivity contribution is 5.85. The Kier molecular flexibility index (Phi) is 7.66. The van der Waals surface area contributed by atoms with E-state index < -0.39 is 0 Å². The molecule has 0 spiro atoms. The molecule has 2 aromatic carbocycles. The van der Waals surface area contributed by atoms with Crippen LogP contribution < -0.4 is 10.6 Å². The van der Waals surface area contributed by atoms with E-state index in [1.165, 1.54) is 0 Å². The highest BCUT2D eigenvalue weighted by Crippen LogP contribution is 2.09. The first-order chi connectivity index (χ1) is 12.2. The Morgan fingerprint density at radius 3 is 1.80 bits per heavy atom. The zero-order valence-corrected chi connectivity index (χ0v) is 14.6. The molecular formula is C20H25N3O2. The molecule has 0 aliphatic heterocycles. The van der Waals surface area contributed by atoms with Crippen LogP contribution >= 0.6 is 0 Å². The van der Waals surface area contributed by atoms with Crippen LogP contribution in [0.1, 0.15) is 18.1 Å². The van der Waals surface area contributed by atoms with Crippen molar-refractivity contribution in [3.63, 3.8) is 0 Å². The predicted octanol–water partition coefficient (Wildman–Crippen LogP) is 1.94. The van der Waals surface area contributed by atoms with Crippen molar-refractivity contribution in [2.75, 3.05) is 19.6 Å². The first kappa shape index (κ1) is 18.7. The van der Waals surface area contributed by atoms with Crippen molar-refractivity contribution in [2.45, 2.75) is 20.0 Å². The molecule has 0 heterocycles. The van der Waals surface area contributed by atoms with Gasteiger partial charge in [0.05, 0.1) is 13.1 Å². The molecule has 0 aliphatic carbocycles. The van der Waals surface area contributed by atoms with Gasteiger partial charge in [0.25, 0.3) is 0 Å². The maximum atomic E-state index is 12.2.